The largest absolute Gasteiger partial charge is 0.325 e. The monoisotopic (exact) mass is 494 g/mol. The van der Waals surface area contributed by atoms with Crippen molar-refractivity contribution in [2.45, 2.75) is 4.90 Å². The molecule has 12 heteroatoms. The SMILES string of the molecule is CS(=O)(=O)c1ccc(NC(=O)CN2C(=O)c3c(Cl)c(Cl)c(Cl)c(Cl)c3C2=O)cc1. The molecule has 1 N–H and O–H groups in total. The van der Waals surface area contributed by atoms with E-state index in [1.807, 2.05) is 0 Å². The lowest BCUT2D eigenvalue weighted by Gasteiger charge is -2.14. The molecule has 0 spiro atoms. The average Bonchev–Trinajstić information content (AvgIpc) is 2.89. The number of rotatable bonds is 4. The summed E-state index contributed by atoms with van der Waals surface area (Å²) in [6.07, 6.45) is 1.05. The van der Waals surface area contributed by atoms with Crippen LogP contribution in [0, 0.1) is 0 Å². The van der Waals surface area contributed by atoms with E-state index in [0.29, 0.717) is 4.90 Å². The number of benzene rings is 2. The van der Waals surface area contributed by atoms with E-state index in [0.717, 1.165) is 6.26 Å². The smallest absolute Gasteiger partial charge is 0.263 e. The predicted octanol–water partition coefficient (Wildman–Crippen LogP) is 3.94. The van der Waals surface area contributed by atoms with Gasteiger partial charge in [0.25, 0.3) is 11.8 Å². The van der Waals surface area contributed by atoms with E-state index >= 15 is 0 Å². The summed E-state index contributed by atoms with van der Waals surface area (Å²) in [5, 5.41) is 1.67. The number of carbonyl (C=O) groups is 3. The summed E-state index contributed by atoms with van der Waals surface area (Å²) in [5.74, 6) is -2.37. The van der Waals surface area contributed by atoms with Gasteiger partial charge in [0.15, 0.2) is 9.84 Å². The first-order valence-corrected chi connectivity index (χ1v) is 11.2. The van der Waals surface area contributed by atoms with Gasteiger partial charge in [0.05, 0.1) is 36.1 Å². The highest BCUT2D eigenvalue weighted by molar-refractivity contribution is 7.90. The number of sulfone groups is 1. The fraction of sp³-hybridized carbons (Fsp3) is 0.118. The maximum Gasteiger partial charge on any atom is 0.263 e. The van der Waals surface area contributed by atoms with Crippen LogP contribution in [-0.2, 0) is 14.6 Å². The van der Waals surface area contributed by atoms with Crippen molar-refractivity contribution in [1.29, 1.82) is 0 Å². The lowest BCUT2D eigenvalue weighted by atomic mass is 10.1. The van der Waals surface area contributed by atoms with Crippen LogP contribution in [0.25, 0.3) is 0 Å². The number of anilines is 1. The standard InChI is InChI=1S/C17H10Cl4N2O5S/c1-29(27,28)8-4-2-7(3-5-8)22-9(24)6-23-16(25)10-11(17(23)26)13(19)15(21)14(20)12(10)18/h2-5H,6H2,1H3,(H,22,24). The molecule has 2 aromatic carbocycles. The van der Waals surface area contributed by atoms with Gasteiger partial charge in [0, 0.05) is 11.9 Å². The summed E-state index contributed by atoms with van der Waals surface area (Å²) in [5.41, 5.74) is -0.163. The van der Waals surface area contributed by atoms with Crippen molar-refractivity contribution in [3.8, 4) is 0 Å². The minimum absolute atomic E-state index is 0.0777. The van der Waals surface area contributed by atoms with Crippen LogP contribution in [0.3, 0.4) is 0 Å². The quantitative estimate of drug-likeness (QED) is 0.393. The maximum absolute atomic E-state index is 12.6. The van der Waals surface area contributed by atoms with Crippen LogP contribution >= 0.6 is 46.4 Å². The Hall–Kier alpha value is -1.84. The molecule has 1 aliphatic rings. The first kappa shape index (κ1) is 21.9. The molecule has 3 amide bonds. The van der Waals surface area contributed by atoms with Gasteiger partial charge in [-0.05, 0) is 24.3 Å². The lowest BCUT2D eigenvalue weighted by Crippen LogP contribution is -2.37. The Balaban J connectivity index is 1.81. The molecule has 0 atom stereocenters. The number of imide groups is 1. The van der Waals surface area contributed by atoms with Gasteiger partial charge in [0.1, 0.15) is 6.54 Å². The third-order valence-corrected chi connectivity index (χ3v) is 6.98. The number of amides is 3. The van der Waals surface area contributed by atoms with E-state index in [4.69, 9.17) is 46.4 Å². The Bertz CT molecular complexity index is 1130. The van der Waals surface area contributed by atoms with Gasteiger partial charge >= 0.3 is 0 Å². The van der Waals surface area contributed by atoms with E-state index in [1.54, 1.807) is 0 Å². The maximum atomic E-state index is 12.6. The van der Waals surface area contributed by atoms with Gasteiger partial charge in [-0.3, -0.25) is 19.3 Å². The lowest BCUT2D eigenvalue weighted by molar-refractivity contribution is -0.116. The molecule has 2 aromatic rings. The van der Waals surface area contributed by atoms with E-state index in [2.05, 4.69) is 5.32 Å². The predicted molar refractivity (Wildman–Crippen MR) is 110 cm³/mol. The van der Waals surface area contributed by atoms with Crippen molar-refractivity contribution in [3.05, 3.63) is 55.5 Å². The molecule has 0 bridgehead atoms. The minimum Gasteiger partial charge on any atom is -0.325 e. The van der Waals surface area contributed by atoms with Crippen molar-refractivity contribution < 1.29 is 22.8 Å². The first-order valence-electron chi connectivity index (χ1n) is 7.75. The third-order valence-electron chi connectivity index (χ3n) is 4.05. The molecule has 0 aromatic heterocycles. The van der Waals surface area contributed by atoms with Crippen molar-refractivity contribution in [3.63, 3.8) is 0 Å². The fourth-order valence-electron chi connectivity index (χ4n) is 2.67. The Morgan fingerprint density at radius 3 is 1.76 bits per heavy atom. The van der Waals surface area contributed by atoms with Crippen LogP contribution in [0.2, 0.25) is 20.1 Å². The molecule has 1 heterocycles. The molecule has 29 heavy (non-hydrogen) atoms. The molecular weight excluding hydrogens is 486 g/mol. The van der Waals surface area contributed by atoms with E-state index in [1.165, 1.54) is 24.3 Å². The number of carbonyl (C=O) groups excluding carboxylic acids is 3. The molecule has 0 aliphatic carbocycles. The summed E-state index contributed by atoms with van der Waals surface area (Å²) < 4.78 is 22.9. The summed E-state index contributed by atoms with van der Waals surface area (Å²) >= 11 is 23.9. The number of nitrogens with zero attached hydrogens (tertiary/aromatic N) is 1. The van der Waals surface area contributed by atoms with Crippen LogP contribution < -0.4 is 5.32 Å². The van der Waals surface area contributed by atoms with Crippen LogP contribution in [0.15, 0.2) is 29.2 Å². The summed E-state index contributed by atoms with van der Waals surface area (Å²) in [6.45, 7) is -0.623. The van der Waals surface area contributed by atoms with Gasteiger partial charge < -0.3 is 5.32 Å². The van der Waals surface area contributed by atoms with Crippen LogP contribution in [-0.4, -0.2) is 43.8 Å². The second-order valence-electron chi connectivity index (χ2n) is 6.05. The van der Waals surface area contributed by atoms with Gasteiger partial charge in [-0.2, -0.15) is 0 Å². The molecule has 7 nitrogen and oxygen atoms in total. The highest BCUT2D eigenvalue weighted by Gasteiger charge is 2.42. The number of nitrogens with one attached hydrogen (secondary N) is 1. The normalized spacial score (nSPS) is 13.6. The highest BCUT2D eigenvalue weighted by Crippen LogP contribution is 2.44. The zero-order chi connectivity index (χ0) is 21.7. The topological polar surface area (TPSA) is 101 Å². The van der Waals surface area contributed by atoms with Crippen LogP contribution in [0.1, 0.15) is 20.7 Å². The Labute approximate surface area is 185 Å². The second-order valence-corrected chi connectivity index (χ2v) is 9.57. The van der Waals surface area contributed by atoms with Crippen LogP contribution in [0.5, 0.6) is 0 Å². The van der Waals surface area contributed by atoms with E-state index in [-0.39, 0.29) is 41.8 Å². The van der Waals surface area contributed by atoms with E-state index < -0.39 is 34.1 Å². The minimum atomic E-state index is -3.38. The van der Waals surface area contributed by atoms with Crippen molar-refractivity contribution >= 4 is 79.6 Å². The zero-order valence-corrected chi connectivity index (χ0v) is 18.3. The van der Waals surface area contributed by atoms with E-state index in [9.17, 15) is 22.8 Å². The van der Waals surface area contributed by atoms with Gasteiger partial charge in [-0.25, -0.2) is 8.42 Å². The second kappa shape index (κ2) is 7.77. The van der Waals surface area contributed by atoms with Gasteiger partial charge in [-0.1, -0.05) is 46.4 Å². The first-order chi connectivity index (χ1) is 13.4. The number of halogens is 4. The van der Waals surface area contributed by atoms with Crippen molar-refractivity contribution in [2.75, 3.05) is 18.1 Å². The average molecular weight is 496 g/mol. The summed E-state index contributed by atoms with van der Waals surface area (Å²) in [6, 6.07) is 5.39. The molecular formula is C17H10Cl4N2O5S. The number of hydrogen-bond donors (Lipinski definition) is 1. The number of fused-ring (bicyclic) bond motifs is 1. The third kappa shape index (κ3) is 3.95. The molecule has 0 unspecified atom stereocenters. The van der Waals surface area contributed by atoms with Gasteiger partial charge in [-0.15, -0.1) is 0 Å². The van der Waals surface area contributed by atoms with Crippen molar-refractivity contribution in [2.24, 2.45) is 0 Å². The zero-order valence-electron chi connectivity index (χ0n) is 14.4. The molecule has 0 saturated carbocycles. The molecule has 1 aliphatic heterocycles. The highest BCUT2D eigenvalue weighted by atomic mass is 35.5. The Kier molecular flexibility index (Phi) is 5.86. The molecule has 152 valence electrons. The molecule has 0 radical (unpaired) electrons. The molecule has 3 rings (SSSR count). The Morgan fingerprint density at radius 2 is 1.34 bits per heavy atom. The molecule has 0 fully saturated rings. The fourth-order valence-corrected chi connectivity index (χ4v) is 4.31. The summed E-state index contributed by atoms with van der Waals surface area (Å²) in [7, 11) is -3.38. The molecule has 0 saturated heterocycles. The summed E-state index contributed by atoms with van der Waals surface area (Å²) in [4.78, 5) is 38.2. The Morgan fingerprint density at radius 1 is 0.897 bits per heavy atom. The van der Waals surface area contributed by atoms with Crippen molar-refractivity contribution in [1.82, 2.24) is 4.90 Å². The number of hydrogen-bond acceptors (Lipinski definition) is 5. The van der Waals surface area contributed by atoms with Crippen LogP contribution in [0.4, 0.5) is 5.69 Å². The van der Waals surface area contributed by atoms with Gasteiger partial charge in [0.2, 0.25) is 5.91 Å².